The molecule has 3 rings (SSSR count). The van der Waals surface area contributed by atoms with Gasteiger partial charge in [0.15, 0.2) is 0 Å². The highest BCUT2D eigenvalue weighted by molar-refractivity contribution is 5.95. The van der Waals surface area contributed by atoms with Gasteiger partial charge in [0.1, 0.15) is 30.1 Å². The number of halogens is 1. The normalized spacial score (nSPS) is 11.1. The lowest BCUT2D eigenvalue weighted by Crippen LogP contribution is -2.32. The van der Waals surface area contributed by atoms with Gasteiger partial charge in [0, 0.05) is 56.4 Å². The third-order valence-corrected chi connectivity index (χ3v) is 6.14. The second kappa shape index (κ2) is 16.0. The Hall–Kier alpha value is -4.24. The first-order valence-corrected chi connectivity index (χ1v) is 14.3. The zero-order valence-electron chi connectivity index (χ0n) is 27.2. The van der Waals surface area contributed by atoms with Gasteiger partial charge in [-0.3, -0.25) is 4.79 Å². The van der Waals surface area contributed by atoms with E-state index in [-0.39, 0.29) is 42.2 Å². The predicted octanol–water partition coefficient (Wildman–Crippen LogP) is 6.97. The van der Waals surface area contributed by atoms with Crippen LogP contribution in [0.2, 0.25) is 0 Å². The molecule has 3 aromatic carbocycles. The van der Waals surface area contributed by atoms with E-state index in [9.17, 15) is 14.4 Å². The van der Waals surface area contributed by atoms with E-state index in [1.807, 2.05) is 39.0 Å². The minimum atomic E-state index is -0.671. The number of ether oxygens (including phenoxy) is 3. The molecule has 0 bridgehead atoms. The number of alkyl carbamates (subject to hydrolysis) is 1. The molecule has 0 atom stereocenters. The van der Waals surface area contributed by atoms with Gasteiger partial charge in [-0.2, -0.15) is 0 Å². The summed E-state index contributed by atoms with van der Waals surface area (Å²) < 4.78 is 31.8. The van der Waals surface area contributed by atoms with Crippen LogP contribution in [0.3, 0.4) is 0 Å². The predicted molar refractivity (Wildman–Crippen MR) is 170 cm³/mol. The summed E-state index contributed by atoms with van der Waals surface area (Å²) in [6.45, 7) is 11.4. The van der Waals surface area contributed by atoms with E-state index in [4.69, 9.17) is 14.2 Å². The van der Waals surface area contributed by atoms with Crippen molar-refractivity contribution in [3.8, 4) is 16.9 Å². The van der Waals surface area contributed by atoms with Gasteiger partial charge in [-0.05, 0) is 76.9 Å². The molecule has 0 heterocycles. The van der Waals surface area contributed by atoms with Crippen LogP contribution in [0.25, 0.3) is 11.1 Å². The molecule has 44 heavy (non-hydrogen) atoms. The topological polar surface area (TPSA) is 94.2 Å². The van der Waals surface area contributed by atoms with Crippen LogP contribution in [0.15, 0.2) is 60.7 Å². The molecule has 238 valence electrons. The number of carbonyl (C=O) groups is 3. The number of benzene rings is 3. The molecule has 0 aliphatic heterocycles. The highest BCUT2D eigenvalue weighted by Crippen LogP contribution is 2.29. The van der Waals surface area contributed by atoms with Gasteiger partial charge in [-0.25, -0.2) is 9.18 Å². The first-order chi connectivity index (χ1) is 20.5. The number of methoxy groups -OCH3 is 1. The molecule has 0 unspecified atom stereocenters. The molecule has 0 aliphatic carbocycles. The smallest absolute Gasteiger partial charge is 0.407 e. The largest absolute Gasteiger partial charge is 0.489 e. The maximum Gasteiger partial charge on any atom is 0.407 e. The summed E-state index contributed by atoms with van der Waals surface area (Å²) in [6.07, 6.45) is 0.384. The van der Waals surface area contributed by atoms with Gasteiger partial charge >= 0.3 is 6.09 Å². The van der Waals surface area contributed by atoms with Crippen molar-refractivity contribution in [1.82, 2.24) is 10.2 Å². The van der Waals surface area contributed by atoms with E-state index >= 15 is 4.39 Å². The molecule has 0 fully saturated rings. The van der Waals surface area contributed by atoms with Crippen LogP contribution in [0.1, 0.15) is 68.6 Å². The molecule has 3 aromatic rings. The van der Waals surface area contributed by atoms with Gasteiger partial charge in [-0.15, -0.1) is 0 Å². The van der Waals surface area contributed by atoms with Crippen molar-refractivity contribution in [2.24, 2.45) is 0 Å². The summed E-state index contributed by atoms with van der Waals surface area (Å²) in [6, 6.07) is 17.2. The number of rotatable bonds is 9. The summed E-state index contributed by atoms with van der Waals surface area (Å²) in [5.41, 5.74) is 2.21. The number of amides is 2. The van der Waals surface area contributed by atoms with Crippen LogP contribution in [0.4, 0.5) is 9.18 Å². The van der Waals surface area contributed by atoms with Crippen molar-refractivity contribution < 1.29 is 33.0 Å². The van der Waals surface area contributed by atoms with Gasteiger partial charge in [0.25, 0.3) is 5.91 Å². The van der Waals surface area contributed by atoms with Crippen LogP contribution in [-0.4, -0.2) is 55.6 Å². The first-order valence-electron chi connectivity index (χ1n) is 14.3. The monoisotopic (exact) mass is 608 g/mol. The molecular formula is C35H45FN2O6. The maximum atomic E-state index is 15.6. The number of aldehydes is 1. The third-order valence-electron chi connectivity index (χ3n) is 6.14. The fraction of sp³-hybridized carbons (Fsp3) is 0.400. The fourth-order valence-electron chi connectivity index (χ4n) is 3.80. The SMILES string of the molecule is CN(C)C(=O)c1cc(COc2ccccc2CC=O)cc(-c2cccc(CNC(=O)OC(C)(C)C)c2F)c1.COC(C)(C)C. The molecule has 0 aliphatic rings. The molecule has 0 radical (unpaired) electrons. The molecule has 9 heteroatoms. The highest BCUT2D eigenvalue weighted by atomic mass is 19.1. The summed E-state index contributed by atoms with van der Waals surface area (Å²) >= 11 is 0. The van der Waals surface area contributed by atoms with Crippen molar-refractivity contribution in [2.45, 2.75) is 72.3 Å². The lowest BCUT2D eigenvalue weighted by molar-refractivity contribution is -0.107. The summed E-state index contributed by atoms with van der Waals surface area (Å²) in [5, 5.41) is 2.58. The van der Waals surface area contributed by atoms with Crippen LogP contribution < -0.4 is 10.1 Å². The molecule has 0 spiro atoms. The third kappa shape index (κ3) is 11.8. The Kier molecular flexibility index (Phi) is 13.1. The average Bonchev–Trinajstić information content (AvgIpc) is 2.94. The molecule has 2 amide bonds. The highest BCUT2D eigenvalue weighted by Gasteiger charge is 2.19. The number of para-hydroxylation sites is 1. The number of nitrogens with one attached hydrogen (secondary N) is 1. The maximum absolute atomic E-state index is 15.6. The lowest BCUT2D eigenvalue weighted by atomic mass is 9.97. The van der Waals surface area contributed by atoms with Crippen molar-refractivity contribution in [1.29, 1.82) is 0 Å². The average molecular weight is 609 g/mol. The van der Waals surface area contributed by atoms with Gasteiger partial charge in [0.05, 0.1) is 5.60 Å². The zero-order valence-corrected chi connectivity index (χ0v) is 27.2. The van der Waals surface area contributed by atoms with E-state index in [2.05, 4.69) is 5.32 Å². The number of nitrogens with zero attached hydrogens (tertiary/aromatic N) is 1. The van der Waals surface area contributed by atoms with Crippen LogP contribution in [0, 0.1) is 5.82 Å². The molecule has 1 N–H and O–H groups in total. The minimum absolute atomic E-state index is 0.0417. The Balaban J connectivity index is 0.00000102. The van der Waals surface area contributed by atoms with E-state index in [0.717, 1.165) is 11.8 Å². The summed E-state index contributed by atoms with van der Waals surface area (Å²) in [5.74, 6) is -0.189. The second-order valence-corrected chi connectivity index (χ2v) is 12.3. The lowest BCUT2D eigenvalue weighted by Gasteiger charge is -2.20. The Bertz CT molecular complexity index is 1420. The molecular weight excluding hydrogens is 563 g/mol. The van der Waals surface area contributed by atoms with E-state index in [1.54, 1.807) is 84.4 Å². The number of carbonyl (C=O) groups excluding carboxylic acids is 3. The molecule has 0 saturated heterocycles. The van der Waals surface area contributed by atoms with Crippen LogP contribution in [0.5, 0.6) is 5.75 Å². The second-order valence-electron chi connectivity index (χ2n) is 12.3. The van der Waals surface area contributed by atoms with E-state index < -0.39 is 17.5 Å². The summed E-state index contributed by atoms with van der Waals surface area (Å²) in [7, 11) is 4.99. The minimum Gasteiger partial charge on any atom is -0.489 e. The fourth-order valence-corrected chi connectivity index (χ4v) is 3.80. The Morgan fingerprint density at radius 1 is 0.909 bits per heavy atom. The molecule has 8 nitrogen and oxygen atoms in total. The first kappa shape index (κ1) is 36.0. The Morgan fingerprint density at radius 3 is 2.14 bits per heavy atom. The van der Waals surface area contributed by atoms with Gasteiger partial charge in [-0.1, -0.05) is 36.4 Å². The Labute approximate surface area is 260 Å². The van der Waals surface area contributed by atoms with Crippen LogP contribution >= 0.6 is 0 Å². The van der Waals surface area contributed by atoms with E-state index in [1.165, 1.54) is 4.90 Å². The van der Waals surface area contributed by atoms with Gasteiger partial charge in [0.2, 0.25) is 0 Å². The summed E-state index contributed by atoms with van der Waals surface area (Å²) in [4.78, 5) is 37.3. The van der Waals surface area contributed by atoms with Crippen molar-refractivity contribution in [3.63, 3.8) is 0 Å². The van der Waals surface area contributed by atoms with E-state index in [0.29, 0.717) is 22.4 Å². The Morgan fingerprint density at radius 2 is 1.55 bits per heavy atom. The molecule has 0 saturated carbocycles. The van der Waals surface area contributed by atoms with Crippen molar-refractivity contribution >= 4 is 18.3 Å². The number of hydrogen-bond acceptors (Lipinski definition) is 6. The van der Waals surface area contributed by atoms with Crippen LogP contribution in [-0.2, 0) is 33.8 Å². The quantitative estimate of drug-likeness (QED) is 0.264. The zero-order chi connectivity index (χ0) is 33.1. The molecule has 0 aromatic heterocycles. The number of hydrogen-bond donors (Lipinski definition) is 1. The van der Waals surface area contributed by atoms with Gasteiger partial charge < -0.3 is 29.2 Å². The van der Waals surface area contributed by atoms with Crippen molar-refractivity contribution in [3.05, 3.63) is 88.7 Å². The standard InChI is InChI=1S/C30H33FN2O5.C5H12O/c1-30(2,3)38-29(36)32-18-22-10-8-11-25(27(22)31)23-15-20(16-24(17-23)28(35)33(4)5)19-37-26-12-7-6-9-21(26)13-14-34;1-5(2,3)6-4/h6-12,14-17H,13,18-19H2,1-5H3,(H,32,36);1-4H3. The van der Waals surface area contributed by atoms with Crippen molar-refractivity contribution in [2.75, 3.05) is 21.2 Å².